The molecule has 0 N–H and O–H groups in total. The van der Waals surface area contributed by atoms with Crippen LogP contribution in [0.5, 0.6) is 0 Å². The fraction of sp³-hybridized carbons (Fsp3) is 0.364. The maximum absolute atomic E-state index is 11.8. The molecule has 1 aliphatic heterocycles. The topological polar surface area (TPSA) is 20.3 Å². The zero-order chi connectivity index (χ0) is 11.0. The Morgan fingerprint density at radius 1 is 1.47 bits per heavy atom. The van der Waals surface area contributed by atoms with Gasteiger partial charge in [-0.25, -0.2) is 0 Å². The number of carbonyl (C=O) groups excluding carboxylic acids is 1. The highest BCUT2D eigenvalue weighted by Crippen LogP contribution is 2.28. The number of benzene rings is 1. The van der Waals surface area contributed by atoms with Crippen molar-refractivity contribution < 1.29 is 4.79 Å². The SMILES string of the molecule is Cc1cc(N2CC[C@H](Br)C2=O)ccc1Br. The van der Waals surface area contributed by atoms with Crippen molar-refractivity contribution in [2.75, 3.05) is 11.4 Å². The minimum absolute atomic E-state index is 0.0125. The molecule has 15 heavy (non-hydrogen) atoms. The Morgan fingerprint density at radius 2 is 2.20 bits per heavy atom. The van der Waals surface area contributed by atoms with Gasteiger partial charge in [0.25, 0.3) is 0 Å². The summed E-state index contributed by atoms with van der Waals surface area (Å²) in [4.78, 5) is 13.6. The van der Waals surface area contributed by atoms with Gasteiger partial charge in [0, 0.05) is 16.7 Å². The number of rotatable bonds is 1. The van der Waals surface area contributed by atoms with Crippen molar-refractivity contribution in [1.82, 2.24) is 0 Å². The summed E-state index contributed by atoms with van der Waals surface area (Å²) >= 11 is 6.83. The normalized spacial score (nSPS) is 21.1. The number of aryl methyl sites for hydroxylation is 1. The average molecular weight is 333 g/mol. The summed E-state index contributed by atoms with van der Waals surface area (Å²) in [5.74, 6) is 0.164. The summed E-state index contributed by atoms with van der Waals surface area (Å²) in [6, 6.07) is 5.99. The van der Waals surface area contributed by atoms with Gasteiger partial charge in [-0.1, -0.05) is 31.9 Å². The maximum atomic E-state index is 11.8. The lowest BCUT2D eigenvalue weighted by Crippen LogP contribution is -2.27. The molecule has 0 bridgehead atoms. The van der Waals surface area contributed by atoms with Crippen LogP contribution in [0.3, 0.4) is 0 Å². The van der Waals surface area contributed by atoms with Gasteiger partial charge in [-0.05, 0) is 37.1 Å². The second-order valence-corrected chi connectivity index (χ2v) is 5.64. The standard InChI is InChI=1S/C11H11Br2NO/c1-7-6-8(2-3-9(7)12)14-5-4-10(13)11(14)15/h2-3,6,10H,4-5H2,1H3/t10-/m0/s1. The van der Waals surface area contributed by atoms with E-state index in [9.17, 15) is 4.79 Å². The highest BCUT2D eigenvalue weighted by Gasteiger charge is 2.30. The van der Waals surface area contributed by atoms with E-state index >= 15 is 0 Å². The molecule has 1 aliphatic rings. The van der Waals surface area contributed by atoms with Gasteiger partial charge in [-0.2, -0.15) is 0 Å². The van der Waals surface area contributed by atoms with Gasteiger partial charge in [0.2, 0.25) is 5.91 Å². The Balaban J connectivity index is 2.31. The van der Waals surface area contributed by atoms with Crippen molar-refractivity contribution in [3.63, 3.8) is 0 Å². The lowest BCUT2D eigenvalue weighted by molar-refractivity contribution is -0.116. The number of amides is 1. The molecular weight excluding hydrogens is 322 g/mol. The van der Waals surface area contributed by atoms with Crippen LogP contribution in [0, 0.1) is 6.92 Å². The third kappa shape index (κ3) is 2.11. The van der Waals surface area contributed by atoms with Crippen LogP contribution in [0.1, 0.15) is 12.0 Å². The Kier molecular flexibility index (Phi) is 3.16. The molecule has 1 aromatic rings. The van der Waals surface area contributed by atoms with Crippen LogP contribution < -0.4 is 4.90 Å². The van der Waals surface area contributed by atoms with Crippen molar-refractivity contribution in [3.05, 3.63) is 28.2 Å². The Morgan fingerprint density at radius 3 is 2.73 bits per heavy atom. The minimum atomic E-state index is -0.0125. The van der Waals surface area contributed by atoms with Crippen molar-refractivity contribution in [1.29, 1.82) is 0 Å². The molecular formula is C11H11Br2NO. The molecule has 1 aromatic carbocycles. The smallest absolute Gasteiger partial charge is 0.240 e. The highest BCUT2D eigenvalue weighted by atomic mass is 79.9. The van der Waals surface area contributed by atoms with E-state index in [-0.39, 0.29) is 10.7 Å². The van der Waals surface area contributed by atoms with Crippen molar-refractivity contribution in [3.8, 4) is 0 Å². The summed E-state index contributed by atoms with van der Waals surface area (Å²) in [5, 5.41) is 0. The van der Waals surface area contributed by atoms with Crippen LogP contribution in [0.2, 0.25) is 0 Å². The van der Waals surface area contributed by atoms with Crippen molar-refractivity contribution in [2.24, 2.45) is 0 Å². The third-order valence-electron chi connectivity index (χ3n) is 2.59. The summed E-state index contributed by atoms with van der Waals surface area (Å²) in [6.07, 6.45) is 0.883. The zero-order valence-corrected chi connectivity index (χ0v) is 11.5. The first-order valence-corrected chi connectivity index (χ1v) is 6.52. The van der Waals surface area contributed by atoms with Gasteiger partial charge in [-0.15, -0.1) is 0 Å². The van der Waals surface area contributed by atoms with E-state index in [1.54, 1.807) is 0 Å². The molecule has 1 amide bonds. The maximum Gasteiger partial charge on any atom is 0.240 e. The predicted molar refractivity (Wildman–Crippen MR) is 68.6 cm³/mol. The van der Waals surface area contributed by atoms with Crippen LogP contribution in [0.15, 0.2) is 22.7 Å². The number of hydrogen-bond acceptors (Lipinski definition) is 1. The molecule has 4 heteroatoms. The number of anilines is 1. The van der Waals surface area contributed by atoms with Gasteiger partial charge in [-0.3, -0.25) is 4.79 Å². The summed E-state index contributed by atoms with van der Waals surface area (Å²) in [6.45, 7) is 2.83. The van der Waals surface area contributed by atoms with Crippen molar-refractivity contribution >= 4 is 43.5 Å². The van der Waals surface area contributed by atoms with E-state index in [4.69, 9.17) is 0 Å². The quantitative estimate of drug-likeness (QED) is 0.723. The fourth-order valence-electron chi connectivity index (χ4n) is 1.70. The Labute approximate surface area is 106 Å². The van der Waals surface area contributed by atoms with Gasteiger partial charge in [0.05, 0.1) is 4.83 Å². The molecule has 80 valence electrons. The molecule has 0 spiro atoms. The molecule has 1 saturated heterocycles. The first-order chi connectivity index (χ1) is 7.09. The van der Waals surface area contributed by atoms with E-state index < -0.39 is 0 Å². The fourth-order valence-corrected chi connectivity index (χ4v) is 2.40. The number of nitrogens with zero attached hydrogens (tertiary/aromatic N) is 1. The molecule has 2 rings (SSSR count). The van der Waals surface area contributed by atoms with E-state index in [0.29, 0.717) is 0 Å². The zero-order valence-electron chi connectivity index (χ0n) is 8.34. The number of hydrogen-bond donors (Lipinski definition) is 0. The minimum Gasteiger partial charge on any atom is -0.311 e. The van der Waals surface area contributed by atoms with Gasteiger partial charge in [0.1, 0.15) is 0 Å². The Bertz CT molecular complexity index is 406. The molecule has 0 radical (unpaired) electrons. The number of halogens is 2. The lowest BCUT2D eigenvalue weighted by atomic mass is 10.2. The average Bonchev–Trinajstić information content (AvgIpc) is 2.53. The molecule has 1 fully saturated rings. The summed E-state index contributed by atoms with van der Waals surface area (Å²) in [5.41, 5.74) is 2.14. The van der Waals surface area contributed by atoms with Crippen LogP contribution in [0.4, 0.5) is 5.69 Å². The summed E-state index contributed by atoms with van der Waals surface area (Å²) < 4.78 is 1.08. The molecule has 2 nitrogen and oxygen atoms in total. The second kappa shape index (κ2) is 4.26. The first kappa shape index (κ1) is 11.1. The van der Waals surface area contributed by atoms with Gasteiger partial charge < -0.3 is 4.90 Å². The molecule has 1 heterocycles. The van der Waals surface area contributed by atoms with E-state index in [2.05, 4.69) is 31.9 Å². The van der Waals surface area contributed by atoms with Crippen LogP contribution in [-0.4, -0.2) is 17.3 Å². The van der Waals surface area contributed by atoms with Crippen molar-refractivity contribution in [2.45, 2.75) is 18.2 Å². The van der Waals surface area contributed by atoms with Crippen LogP contribution >= 0.6 is 31.9 Å². The molecule has 0 unspecified atom stereocenters. The first-order valence-electron chi connectivity index (χ1n) is 4.81. The lowest BCUT2D eigenvalue weighted by Gasteiger charge is -2.16. The summed E-state index contributed by atoms with van der Waals surface area (Å²) in [7, 11) is 0. The van der Waals surface area contributed by atoms with Crippen LogP contribution in [-0.2, 0) is 4.79 Å². The van der Waals surface area contributed by atoms with Crippen LogP contribution in [0.25, 0.3) is 0 Å². The number of alkyl halides is 1. The third-order valence-corrected chi connectivity index (χ3v) is 4.33. The van der Waals surface area contributed by atoms with Gasteiger partial charge >= 0.3 is 0 Å². The Hall–Kier alpha value is -0.350. The highest BCUT2D eigenvalue weighted by molar-refractivity contribution is 9.10. The predicted octanol–water partition coefficient (Wildman–Crippen LogP) is 3.26. The monoisotopic (exact) mass is 331 g/mol. The largest absolute Gasteiger partial charge is 0.311 e. The van der Waals surface area contributed by atoms with E-state index in [1.165, 1.54) is 0 Å². The molecule has 0 aliphatic carbocycles. The van der Waals surface area contributed by atoms with E-state index in [1.807, 2.05) is 30.0 Å². The number of carbonyl (C=O) groups is 1. The molecule has 1 atom stereocenters. The van der Waals surface area contributed by atoms with E-state index in [0.717, 1.165) is 28.7 Å². The second-order valence-electron chi connectivity index (χ2n) is 3.68. The molecule has 0 aromatic heterocycles. The van der Waals surface area contributed by atoms with Gasteiger partial charge in [0.15, 0.2) is 0 Å². The molecule has 0 saturated carbocycles.